The van der Waals surface area contributed by atoms with Gasteiger partial charge >= 0.3 is 0 Å². The first kappa shape index (κ1) is 15.1. The minimum absolute atomic E-state index is 0.858. The Balaban J connectivity index is 2.28. The fourth-order valence-electron chi connectivity index (χ4n) is 2.71. The zero-order valence-corrected chi connectivity index (χ0v) is 13.4. The summed E-state index contributed by atoms with van der Waals surface area (Å²) < 4.78 is 0. The van der Waals surface area contributed by atoms with Crippen LogP contribution >= 0.6 is 0 Å². The highest BCUT2D eigenvalue weighted by Crippen LogP contribution is 2.30. The summed E-state index contributed by atoms with van der Waals surface area (Å²) in [6, 6.07) is 0. The molecule has 0 unspecified atom stereocenters. The van der Waals surface area contributed by atoms with Crippen LogP contribution in [-0.2, 0) is 6.42 Å². The van der Waals surface area contributed by atoms with E-state index in [9.17, 15) is 0 Å². The van der Waals surface area contributed by atoms with Gasteiger partial charge in [0, 0.05) is 31.6 Å². The lowest BCUT2D eigenvalue weighted by molar-refractivity contribution is 0.318. The smallest absolute Gasteiger partial charge is 0.137 e. The molecule has 0 spiro atoms. The minimum atomic E-state index is 0.858. The van der Waals surface area contributed by atoms with Crippen LogP contribution in [0.25, 0.3) is 0 Å². The van der Waals surface area contributed by atoms with E-state index in [0.29, 0.717) is 0 Å². The van der Waals surface area contributed by atoms with Gasteiger partial charge in [0.05, 0.1) is 0 Å². The van der Waals surface area contributed by atoms with Crippen molar-refractivity contribution in [1.82, 2.24) is 9.97 Å². The summed E-state index contributed by atoms with van der Waals surface area (Å²) in [5.41, 5.74) is 1.19. The number of rotatable bonds is 7. The zero-order chi connectivity index (χ0) is 14.5. The molecule has 1 saturated carbocycles. The van der Waals surface area contributed by atoms with E-state index in [-0.39, 0.29) is 0 Å². The number of nitrogens with one attached hydrogen (secondary N) is 1. The lowest BCUT2D eigenvalue weighted by Crippen LogP contribution is -2.34. The third kappa shape index (κ3) is 3.22. The molecule has 1 aliphatic rings. The van der Waals surface area contributed by atoms with E-state index in [0.717, 1.165) is 49.4 Å². The van der Waals surface area contributed by atoms with Crippen molar-refractivity contribution < 1.29 is 0 Å². The summed E-state index contributed by atoms with van der Waals surface area (Å²) >= 11 is 0. The van der Waals surface area contributed by atoms with Gasteiger partial charge in [-0.1, -0.05) is 13.3 Å². The predicted octanol–water partition coefficient (Wildman–Crippen LogP) is 3.41. The molecule has 0 amide bonds. The Morgan fingerprint density at radius 2 is 1.95 bits per heavy atom. The maximum atomic E-state index is 4.79. The normalized spacial score (nSPS) is 15.0. The highest BCUT2D eigenvalue weighted by atomic mass is 15.2. The van der Waals surface area contributed by atoms with Crippen LogP contribution in [0, 0.1) is 12.8 Å². The van der Waals surface area contributed by atoms with Gasteiger partial charge < -0.3 is 10.2 Å². The second-order valence-corrected chi connectivity index (χ2v) is 5.66. The summed E-state index contributed by atoms with van der Waals surface area (Å²) in [5.74, 6) is 3.93. The van der Waals surface area contributed by atoms with Gasteiger partial charge in [-0.15, -0.1) is 0 Å². The Bertz CT molecular complexity index is 440. The largest absolute Gasteiger partial charge is 0.370 e. The average molecular weight is 276 g/mol. The fraction of sp³-hybridized carbons (Fsp3) is 0.750. The zero-order valence-electron chi connectivity index (χ0n) is 13.4. The van der Waals surface area contributed by atoms with Crippen LogP contribution in [0.1, 0.15) is 51.4 Å². The van der Waals surface area contributed by atoms with Crippen LogP contribution in [0.3, 0.4) is 0 Å². The van der Waals surface area contributed by atoms with Gasteiger partial charge in [-0.3, -0.25) is 0 Å². The van der Waals surface area contributed by atoms with Gasteiger partial charge in [0.25, 0.3) is 0 Å². The van der Waals surface area contributed by atoms with Gasteiger partial charge in [-0.05, 0) is 39.5 Å². The third-order valence-corrected chi connectivity index (χ3v) is 4.21. The highest BCUT2D eigenvalue weighted by Gasteiger charge is 2.22. The number of hydrogen-bond donors (Lipinski definition) is 1. The summed E-state index contributed by atoms with van der Waals surface area (Å²) in [7, 11) is 0. The van der Waals surface area contributed by atoms with Crippen LogP contribution in [0.5, 0.6) is 0 Å². The molecule has 0 aliphatic heterocycles. The molecule has 0 bridgehead atoms. The molecule has 1 aliphatic carbocycles. The van der Waals surface area contributed by atoms with E-state index in [1.807, 2.05) is 0 Å². The van der Waals surface area contributed by atoms with Crippen LogP contribution < -0.4 is 10.2 Å². The second kappa shape index (κ2) is 6.91. The molecule has 0 atom stereocenters. The average Bonchev–Trinajstić information content (AvgIpc) is 2.41. The van der Waals surface area contributed by atoms with Crippen LogP contribution in [0.4, 0.5) is 11.6 Å². The summed E-state index contributed by atoms with van der Waals surface area (Å²) in [5, 5.41) is 3.37. The van der Waals surface area contributed by atoms with E-state index in [1.54, 1.807) is 0 Å². The first-order valence-corrected chi connectivity index (χ1v) is 8.05. The molecule has 0 saturated heterocycles. The maximum Gasteiger partial charge on any atom is 0.137 e. The topological polar surface area (TPSA) is 41.1 Å². The van der Waals surface area contributed by atoms with E-state index in [2.05, 4.69) is 42.9 Å². The Morgan fingerprint density at radius 3 is 2.45 bits per heavy atom. The highest BCUT2D eigenvalue weighted by molar-refractivity contribution is 5.58. The van der Waals surface area contributed by atoms with Crippen molar-refractivity contribution in [3.8, 4) is 0 Å². The molecule has 0 aromatic carbocycles. The lowest BCUT2D eigenvalue weighted by Gasteiger charge is -2.33. The summed E-state index contributed by atoms with van der Waals surface area (Å²) in [6.07, 6.45) is 5.03. The molecule has 1 aromatic rings. The van der Waals surface area contributed by atoms with E-state index in [1.165, 1.54) is 24.8 Å². The van der Waals surface area contributed by atoms with E-state index < -0.39 is 0 Å². The third-order valence-electron chi connectivity index (χ3n) is 4.21. The SMILES string of the molecule is CCNc1nc(CC)nc(N(CC)CC2CCC2)c1C. The van der Waals surface area contributed by atoms with Crippen LogP contribution in [-0.4, -0.2) is 29.6 Å². The maximum absolute atomic E-state index is 4.79. The number of aryl methyl sites for hydroxylation is 1. The van der Waals surface area contributed by atoms with Crippen molar-refractivity contribution in [2.24, 2.45) is 5.92 Å². The van der Waals surface area contributed by atoms with Gasteiger partial charge in [-0.2, -0.15) is 0 Å². The standard InChI is InChI=1S/C16H28N4/c1-5-14-18-15(17-6-2)12(4)16(19-14)20(7-3)11-13-9-8-10-13/h13H,5-11H2,1-4H3,(H,17,18,19). The molecule has 4 heteroatoms. The predicted molar refractivity (Wildman–Crippen MR) is 85.5 cm³/mol. The van der Waals surface area contributed by atoms with Crippen molar-refractivity contribution >= 4 is 11.6 Å². The first-order valence-electron chi connectivity index (χ1n) is 8.05. The van der Waals surface area contributed by atoms with Crippen molar-refractivity contribution in [2.75, 3.05) is 29.9 Å². The summed E-state index contributed by atoms with van der Waals surface area (Å²) in [6.45, 7) is 11.6. The Labute approximate surface area is 123 Å². The molecule has 20 heavy (non-hydrogen) atoms. The van der Waals surface area contributed by atoms with Crippen LogP contribution in [0.2, 0.25) is 0 Å². The van der Waals surface area contributed by atoms with Gasteiger partial charge in [0.2, 0.25) is 0 Å². The number of nitrogens with zero attached hydrogens (tertiary/aromatic N) is 3. The van der Waals surface area contributed by atoms with E-state index >= 15 is 0 Å². The Kier molecular flexibility index (Phi) is 5.21. The quantitative estimate of drug-likeness (QED) is 0.828. The molecule has 1 aromatic heterocycles. The second-order valence-electron chi connectivity index (χ2n) is 5.66. The molecular weight excluding hydrogens is 248 g/mol. The number of anilines is 2. The van der Waals surface area contributed by atoms with Crippen molar-refractivity contribution in [2.45, 2.75) is 53.4 Å². The first-order chi connectivity index (χ1) is 9.69. The summed E-state index contributed by atoms with van der Waals surface area (Å²) in [4.78, 5) is 11.8. The number of hydrogen-bond acceptors (Lipinski definition) is 4. The van der Waals surface area contributed by atoms with Gasteiger partial charge in [0.15, 0.2) is 0 Å². The monoisotopic (exact) mass is 276 g/mol. The van der Waals surface area contributed by atoms with Crippen molar-refractivity contribution in [3.05, 3.63) is 11.4 Å². The molecule has 1 fully saturated rings. The van der Waals surface area contributed by atoms with Crippen molar-refractivity contribution in [3.63, 3.8) is 0 Å². The lowest BCUT2D eigenvalue weighted by atomic mass is 9.85. The molecule has 2 rings (SSSR count). The molecule has 112 valence electrons. The Hall–Kier alpha value is -1.32. The van der Waals surface area contributed by atoms with E-state index in [4.69, 9.17) is 4.98 Å². The molecule has 4 nitrogen and oxygen atoms in total. The molecular formula is C16H28N4. The fourth-order valence-corrected chi connectivity index (χ4v) is 2.71. The van der Waals surface area contributed by atoms with Crippen LogP contribution in [0.15, 0.2) is 0 Å². The van der Waals surface area contributed by atoms with Crippen molar-refractivity contribution in [1.29, 1.82) is 0 Å². The van der Waals surface area contributed by atoms with Gasteiger partial charge in [-0.25, -0.2) is 9.97 Å². The Morgan fingerprint density at radius 1 is 1.20 bits per heavy atom. The molecule has 1 heterocycles. The number of aromatic nitrogens is 2. The molecule has 0 radical (unpaired) electrons. The van der Waals surface area contributed by atoms with Gasteiger partial charge in [0.1, 0.15) is 17.5 Å². The minimum Gasteiger partial charge on any atom is -0.370 e. The molecule has 1 N–H and O–H groups in total.